The van der Waals surface area contributed by atoms with Crippen LogP contribution in [0.2, 0.25) is 0 Å². The topological polar surface area (TPSA) is 55.1 Å². The number of carbonyl (C=O) groups excluding carboxylic acids is 1. The lowest BCUT2D eigenvalue weighted by molar-refractivity contribution is -0.122. The largest absolute Gasteiger partial charge is 0.382 e. The molecule has 78 valence electrons. The average molecular weight is 261 g/mol. The minimum Gasteiger partial charge on any atom is -0.382 e. The van der Waals surface area contributed by atoms with E-state index in [1.165, 1.54) is 6.92 Å². The molecule has 14 heavy (non-hydrogen) atoms. The van der Waals surface area contributed by atoms with Crippen molar-refractivity contribution >= 4 is 22.2 Å². The van der Waals surface area contributed by atoms with Gasteiger partial charge in [-0.3, -0.25) is 4.68 Å². The van der Waals surface area contributed by atoms with Crippen LogP contribution < -0.4 is 0 Å². The van der Waals surface area contributed by atoms with Gasteiger partial charge >= 0.3 is 0 Å². The van der Waals surface area contributed by atoms with Gasteiger partial charge in [-0.25, -0.2) is 0 Å². The summed E-state index contributed by atoms with van der Waals surface area (Å²) in [7, 11) is 1.79. The molecule has 0 spiro atoms. The van der Waals surface area contributed by atoms with E-state index in [2.05, 4.69) is 21.0 Å². The van der Waals surface area contributed by atoms with E-state index in [0.29, 0.717) is 6.29 Å². The monoisotopic (exact) mass is 260 g/mol. The summed E-state index contributed by atoms with van der Waals surface area (Å²) < 4.78 is 2.51. The lowest BCUT2D eigenvalue weighted by Gasteiger charge is -2.15. The number of aromatic nitrogens is 2. The minimum absolute atomic E-state index is 0.258. The molecule has 1 heterocycles. The average Bonchev–Trinajstić information content (AvgIpc) is 2.32. The Balaban J connectivity index is 3.02. The van der Waals surface area contributed by atoms with Gasteiger partial charge in [0.05, 0.1) is 15.9 Å². The highest BCUT2D eigenvalue weighted by Gasteiger charge is 2.24. The fourth-order valence-corrected chi connectivity index (χ4v) is 1.73. The van der Waals surface area contributed by atoms with E-state index >= 15 is 0 Å². The number of halogens is 1. The predicted molar refractivity (Wildman–Crippen MR) is 56.0 cm³/mol. The molecule has 4 nitrogen and oxygen atoms in total. The normalized spacial score (nSPS) is 15.2. The summed E-state index contributed by atoms with van der Waals surface area (Å²) in [6.07, 6.45) is 0.802. The third kappa shape index (κ3) is 2.22. The molecule has 0 bridgehead atoms. The van der Waals surface area contributed by atoms with Crippen molar-refractivity contribution in [3.8, 4) is 0 Å². The smallest absolute Gasteiger partial charge is 0.151 e. The van der Waals surface area contributed by atoms with Crippen LogP contribution in [0.15, 0.2) is 4.47 Å². The van der Waals surface area contributed by atoms with Crippen LogP contribution in [0.4, 0.5) is 0 Å². The Kier molecular flexibility index (Phi) is 3.11. The first kappa shape index (κ1) is 11.4. The number of rotatable bonds is 3. The molecular formula is C9H13BrN2O2. The quantitative estimate of drug-likeness (QED) is 0.825. The Hall–Kier alpha value is -0.680. The molecule has 0 radical (unpaired) electrons. The number of nitrogens with zero attached hydrogens (tertiary/aromatic N) is 2. The van der Waals surface area contributed by atoms with Gasteiger partial charge in [0, 0.05) is 13.5 Å². The van der Waals surface area contributed by atoms with Gasteiger partial charge in [-0.05, 0) is 29.8 Å². The predicted octanol–water partition coefficient (Wildman–Crippen LogP) is 0.983. The van der Waals surface area contributed by atoms with Gasteiger partial charge in [0.15, 0.2) is 6.29 Å². The van der Waals surface area contributed by atoms with E-state index in [1.54, 1.807) is 11.7 Å². The highest BCUT2D eigenvalue weighted by Crippen LogP contribution is 2.23. The second-order valence-electron chi connectivity index (χ2n) is 3.62. The summed E-state index contributed by atoms with van der Waals surface area (Å²) in [5.74, 6) is 0. The highest BCUT2D eigenvalue weighted by molar-refractivity contribution is 9.10. The van der Waals surface area contributed by atoms with Crippen LogP contribution in [0.25, 0.3) is 0 Å². The SMILES string of the molecule is Cc1nn(C)c(CC(C)(O)C=O)c1Br. The third-order valence-electron chi connectivity index (χ3n) is 2.04. The number of aryl methyl sites for hydroxylation is 2. The Morgan fingerprint density at radius 2 is 2.29 bits per heavy atom. The number of carbonyl (C=O) groups is 1. The summed E-state index contributed by atoms with van der Waals surface area (Å²) in [4.78, 5) is 10.6. The summed E-state index contributed by atoms with van der Waals surface area (Å²) in [6, 6.07) is 0. The first-order chi connectivity index (χ1) is 6.37. The molecular weight excluding hydrogens is 248 g/mol. The maximum atomic E-state index is 10.6. The molecule has 1 N–H and O–H groups in total. The molecule has 5 heteroatoms. The maximum absolute atomic E-state index is 10.6. The van der Waals surface area contributed by atoms with Crippen LogP contribution in [0, 0.1) is 6.92 Å². The van der Waals surface area contributed by atoms with Crippen molar-refractivity contribution in [2.75, 3.05) is 0 Å². The van der Waals surface area contributed by atoms with Crippen molar-refractivity contribution in [1.82, 2.24) is 9.78 Å². The molecule has 0 saturated heterocycles. The van der Waals surface area contributed by atoms with Crippen molar-refractivity contribution in [1.29, 1.82) is 0 Å². The van der Waals surface area contributed by atoms with Crippen LogP contribution in [0.1, 0.15) is 18.3 Å². The molecule has 0 aromatic carbocycles. The molecule has 0 aliphatic carbocycles. The van der Waals surface area contributed by atoms with Gasteiger partial charge in [-0.1, -0.05) is 0 Å². The van der Waals surface area contributed by atoms with Gasteiger partial charge in [0.1, 0.15) is 5.60 Å². The molecule has 1 aromatic rings. The van der Waals surface area contributed by atoms with Crippen molar-refractivity contribution in [3.05, 3.63) is 15.9 Å². The van der Waals surface area contributed by atoms with Crippen LogP contribution in [-0.4, -0.2) is 26.8 Å². The Labute approximate surface area is 91.1 Å². The van der Waals surface area contributed by atoms with Crippen LogP contribution in [-0.2, 0) is 18.3 Å². The van der Waals surface area contributed by atoms with Gasteiger partial charge in [0.2, 0.25) is 0 Å². The molecule has 1 unspecified atom stereocenters. The molecule has 0 aliphatic heterocycles. The summed E-state index contributed by atoms with van der Waals surface area (Å²) in [5.41, 5.74) is 0.340. The zero-order valence-corrected chi connectivity index (χ0v) is 10.00. The van der Waals surface area contributed by atoms with Crippen molar-refractivity contribution in [2.24, 2.45) is 7.05 Å². The minimum atomic E-state index is -1.33. The van der Waals surface area contributed by atoms with Crippen LogP contribution >= 0.6 is 15.9 Å². The van der Waals surface area contributed by atoms with Gasteiger partial charge in [0.25, 0.3) is 0 Å². The zero-order valence-electron chi connectivity index (χ0n) is 8.41. The van der Waals surface area contributed by atoms with Crippen LogP contribution in [0.5, 0.6) is 0 Å². The highest BCUT2D eigenvalue weighted by atomic mass is 79.9. The van der Waals surface area contributed by atoms with Crippen molar-refractivity contribution < 1.29 is 9.90 Å². The second kappa shape index (κ2) is 3.82. The Morgan fingerprint density at radius 1 is 1.71 bits per heavy atom. The summed E-state index contributed by atoms with van der Waals surface area (Å²) in [6.45, 7) is 3.35. The van der Waals surface area contributed by atoms with Crippen LogP contribution in [0.3, 0.4) is 0 Å². The van der Waals surface area contributed by atoms with E-state index < -0.39 is 5.60 Å². The molecule has 0 fully saturated rings. The molecule has 0 amide bonds. The fourth-order valence-electron chi connectivity index (χ4n) is 1.25. The zero-order chi connectivity index (χ0) is 10.9. The number of aldehydes is 1. The summed E-state index contributed by atoms with van der Waals surface area (Å²) in [5, 5.41) is 13.8. The lowest BCUT2D eigenvalue weighted by Crippen LogP contribution is -2.30. The standard InChI is InChI=1S/C9H13BrN2O2/c1-6-8(10)7(12(3)11-6)4-9(2,14)5-13/h5,14H,4H2,1-3H3. The van der Waals surface area contributed by atoms with Gasteiger partial charge < -0.3 is 9.90 Å². The molecule has 1 rings (SSSR count). The number of hydrogen-bond donors (Lipinski definition) is 1. The van der Waals surface area contributed by atoms with Crippen molar-refractivity contribution in [2.45, 2.75) is 25.9 Å². The van der Waals surface area contributed by atoms with E-state index in [9.17, 15) is 9.90 Å². The second-order valence-corrected chi connectivity index (χ2v) is 4.41. The molecule has 0 saturated carbocycles. The van der Waals surface area contributed by atoms with E-state index in [-0.39, 0.29) is 6.42 Å². The fraction of sp³-hybridized carbons (Fsp3) is 0.556. The molecule has 0 aliphatic rings. The first-order valence-corrected chi connectivity index (χ1v) is 5.03. The third-order valence-corrected chi connectivity index (χ3v) is 3.07. The maximum Gasteiger partial charge on any atom is 0.151 e. The van der Waals surface area contributed by atoms with Gasteiger partial charge in [-0.2, -0.15) is 5.10 Å². The van der Waals surface area contributed by atoms with Gasteiger partial charge in [-0.15, -0.1) is 0 Å². The van der Waals surface area contributed by atoms with Crippen molar-refractivity contribution in [3.63, 3.8) is 0 Å². The summed E-state index contributed by atoms with van der Waals surface area (Å²) >= 11 is 3.37. The number of hydrogen-bond acceptors (Lipinski definition) is 3. The number of aliphatic hydroxyl groups is 1. The lowest BCUT2D eigenvalue weighted by atomic mass is 10.0. The first-order valence-electron chi connectivity index (χ1n) is 4.24. The van der Waals surface area contributed by atoms with E-state index in [0.717, 1.165) is 15.9 Å². The molecule has 1 atom stereocenters. The Morgan fingerprint density at radius 3 is 2.64 bits per heavy atom. The van der Waals surface area contributed by atoms with E-state index in [1.807, 2.05) is 6.92 Å². The molecule has 1 aromatic heterocycles. The Bertz CT molecular complexity index is 358. The van der Waals surface area contributed by atoms with E-state index in [4.69, 9.17) is 0 Å².